The molecular formula is C16H13FN2O2S. The Hall–Kier alpha value is -2.34. The molecule has 0 saturated carbocycles. The molecule has 112 valence electrons. The Kier molecular flexibility index (Phi) is 3.85. The number of benzene rings is 2. The first-order chi connectivity index (χ1) is 10.6. The summed E-state index contributed by atoms with van der Waals surface area (Å²) < 4.78 is 13.3. The summed E-state index contributed by atoms with van der Waals surface area (Å²) in [4.78, 5) is 26.4. The Balaban J connectivity index is 1.84. The number of hydrogen-bond acceptors (Lipinski definition) is 4. The van der Waals surface area contributed by atoms with Crippen LogP contribution in [0.1, 0.15) is 6.42 Å². The second kappa shape index (κ2) is 5.81. The Morgan fingerprint density at radius 1 is 1.14 bits per heavy atom. The van der Waals surface area contributed by atoms with Crippen LogP contribution in [0.15, 0.2) is 53.4 Å². The fourth-order valence-electron chi connectivity index (χ4n) is 2.32. The van der Waals surface area contributed by atoms with Crippen molar-refractivity contribution in [2.75, 3.05) is 10.6 Å². The van der Waals surface area contributed by atoms with Gasteiger partial charge in [-0.05, 0) is 30.3 Å². The number of carbonyl (C=O) groups is 2. The average Bonchev–Trinajstić information content (AvgIpc) is 2.76. The van der Waals surface area contributed by atoms with Crippen molar-refractivity contribution in [1.29, 1.82) is 0 Å². The Morgan fingerprint density at radius 3 is 2.64 bits per heavy atom. The van der Waals surface area contributed by atoms with Crippen LogP contribution in [0.2, 0.25) is 0 Å². The summed E-state index contributed by atoms with van der Waals surface area (Å²) in [5.41, 5.74) is 6.69. The molecule has 1 saturated heterocycles. The summed E-state index contributed by atoms with van der Waals surface area (Å²) in [5.74, 6) is -1.16. The lowest BCUT2D eigenvalue weighted by molar-refractivity contribution is -0.121. The van der Waals surface area contributed by atoms with Gasteiger partial charge < -0.3 is 5.73 Å². The molecule has 2 N–H and O–H groups in total. The first-order valence-corrected chi connectivity index (χ1v) is 7.58. The quantitative estimate of drug-likeness (QED) is 0.698. The standard InChI is InChI=1S/C16H13FN2O2S/c17-10-4-3-5-11(8-10)19-15(20)9-14(16(19)21)22-13-7-2-1-6-12(13)18/h1-8,14H,9,18H2. The molecule has 2 amide bonds. The van der Waals surface area contributed by atoms with E-state index in [1.807, 2.05) is 12.1 Å². The van der Waals surface area contributed by atoms with E-state index in [1.54, 1.807) is 18.2 Å². The molecule has 3 rings (SSSR count). The van der Waals surface area contributed by atoms with E-state index in [4.69, 9.17) is 5.73 Å². The van der Waals surface area contributed by atoms with Crippen molar-refractivity contribution in [2.45, 2.75) is 16.6 Å². The van der Waals surface area contributed by atoms with E-state index >= 15 is 0 Å². The molecule has 1 fully saturated rings. The van der Waals surface area contributed by atoms with E-state index in [1.165, 1.54) is 30.0 Å². The van der Waals surface area contributed by atoms with Crippen LogP contribution in [0.3, 0.4) is 0 Å². The average molecular weight is 316 g/mol. The maximum absolute atomic E-state index is 13.3. The summed E-state index contributed by atoms with van der Waals surface area (Å²) in [6.45, 7) is 0. The molecule has 6 heteroatoms. The molecule has 22 heavy (non-hydrogen) atoms. The number of anilines is 2. The normalized spacial score (nSPS) is 18.0. The van der Waals surface area contributed by atoms with Crippen molar-refractivity contribution in [1.82, 2.24) is 0 Å². The van der Waals surface area contributed by atoms with Crippen LogP contribution < -0.4 is 10.6 Å². The van der Waals surface area contributed by atoms with Gasteiger partial charge in [0.25, 0.3) is 0 Å². The molecule has 2 aromatic rings. The number of halogens is 1. The van der Waals surface area contributed by atoms with Gasteiger partial charge in [-0.25, -0.2) is 9.29 Å². The fraction of sp³-hybridized carbons (Fsp3) is 0.125. The van der Waals surface area contributed by atoms with Crippen LogP contribution in [0.5, 0.6) is 0 Å². The number of amides is 2. The molecule has 0 spiro atoms. The summed E-state index contributed by atoms with van der Waals surface area (Å²) in [5, 5.41) is -0.541. The SMILES string of the molecule is Nc1ccccc1SC1CC(=O)N(c2cccc(F)c2)C1=O. The molecule has 1 heterocycles. The minimum Gasteiger partial charge on any atom is -0.398 e. The monoisotopic (exact) mass is 316 g/mol. The first kappa shape index (κ1) is 14.6. The zero-order valence-corrected chi connectivity index (χ0v) is 12.3. The van der Waals surface area contributed by atoms with E-state index < -0.39 is 11.1 Å². The minimum atomic E-state index is -0.541. The topological polar surface area (TPSA) is 63.4 Å². The number of rotatable bonds is 3. The molecule has 1 aliphatic heterocycles. The lowest BCUT2D eigenvalue weighted by atomic mass is 10.3. The molecule has 0 radical (unpaired) electrons. The van der Waals surface area contributed by atoms with Crippen molar-refractivity contribution in [2.24, 2.45) is 0 Å². The zero-order valence-electron chi connectivity index (χ0n) is 11.5. The molecule has 0 bridgehead atoms. The van der Waals surface area contributed by atoms with Crippen LogP contribution in [-0.2, 0) is 9.59 Å². The third kappa shape index (κ3) is 2.69. The smallest absolute Gasteiger partial charge is 0.247 e. The van der Waals surface area contributed by atoms with Crippen molar-refractivity contribution < 1.29 is 14.0 Å². The fourth-order valence-corrected chi connectivity index (χ4v) is 3.42. The number of hydrogen-bond donors (Lipinski definition) is 1. The predicted octanol–water partition coefficient (Wildman–Crippen LogP) is 2.83. The maximum atomic E-state index is 13.3. The molecule has 4 nitrogen and oxygen atoms in total. The van der Waals surface area contributed by atoms with Gasteiger partial charge in [0.15, 0.2) is 0 Å². The third-order valence-electron chi connectivity index (χ3n) is 3.36. The highest BCUT2D eigenvalue weighted by molar-refractivity contribution is 8.00. The third-order valence-corrected chi connectivity index (χ3v) is 4.64. The van der Waals surface area contributed by atoms with Crippen LogP contribution in [-0.4, -0.2) is 17.1 Å². The van der Waals surface area contributed by atoms with Gasteiger partial charge in [0.05, 0.1) is 10.9 Å². The lowest BCUT2D eigenvalue weighted by Crippen LogP contribution is -2.31. The van der Waals surface area contributed by atoms with E-state index in [9.17, 15) is 14.0 Å². The van der Waals surface area contributed by atoms with Crippen LogP contribution in [0, 0.1) is 5.82 Å². The molecular weight excluding hydrogens is 303 g/mol. The van der Waals surface area contributed by atoms with Crippen LogP contribution >= 0.6 is 11.8 Å². The summed E-state index contributed by atoms with van der Waals surface area (Å²) >= 11 is 1.26. The number of nitrogen functional groups attached to an aromatic ring is 1. The second-order valence-corrected chi connectivity index (χ2v) is 6.14. The molecule has 1 unspecified atom stereocenters. The number of thioether (sulfide) groups is 1. The van der Waals surface area contributed by atoms with Crippen molar-refractivity contribution in [3.63, 3.8) is 0 Å². The predicted molar refractivity (Wildman–Crippen MR) is 84.0 cm³/mol. The van der Waals surface area contributed by atoms with E-state index in [0.717, 1.165) is 9.80 Å². The van der Waals surface area contributed by atoms with E-state index in [2.05, 4.69) is 0 Å². The highest BCUT2D eigenvalue weighted by atomic mass is 32.2. The molecule has 0 aliphatic carbocycles. The van der Waals surface area contributed by atoms with E-state index in [0.29, 0.717) is 5.69 Å². The minimum absolute atomic E-state index is 0.0777. The number of nitrogens with zero attached hydrogens (tertiary/aromatic N) is 1. The van der Waals surface area contributed by atoms with Gasteiger partial charge in [0.2, 0.25) is 11.8 Å². The van der Waals surface area contributed by atoms with Crippen molar-refractivity contribution in [3.8, 4) is 0 Å². The number of carbonyl (C=O) groups excluding carboxylic acids is 2. The van der Waals surface area contributed by atoms with Crippen LogP contribution in [0.25, 0.3) is 0 Å². The Bertz CT molecular complexity index is 750. The van der Waals surface area contributed by atoms with Crippen LogP contribution in [0.4, 0.5) is 15.8 Å². The van der Waals surface area contributed by atoms with Gasteiger partial charge in [-0.3, -0.25) is 9.59 Å². The van der Waals surface area contributed by atoms with Crippen molar-refractivity contribution in [3.05, 3.63) is 54.3 Å². The van der Waals surface area contributed by atoms with Gasteiger partial charge in [0.1, 0.15) is 5.82 Å². The summed E-state index contributed by atoms with van der Waals surface area (Å²) in [6.07, 6.45) is 0.0777. The van der Waals surface area contributed by atoms with E-state index in [-0.39, 0.29) is 23.9 Å². The van der Waals surface area contributed by atoms with Crippen molar-refractivity contribution >= 4 is 35.0 Å². The molecule has 1 aliphatic rings. The second-order valence-electron chi connectivity index (χ2n) is 4.90. The van der Waals surface area contributed by atoms with Gasteiger partial charge in [-0.1, -0.05) is 18.2 Å². The Morgan fingerprint density at radius 2 is 1.91 bits per heavy atom. The van der Waals surface area contributed by atoms with Gasteiger partial charge in [0, 0.05) is 17.0 Å². The highest BCUT2D eigenvalue weighted by Gasteiger charge is 2.40. The molecule has 0 aromatic heterocycles. The lowest BCUT2D eigenvalue weighted by Gasteiger charge is -2.15. The molecule has 2 aromatic carbocycles. The number of para-hydroxylation sites is 1. The largest absolute Gasteiger partial charge is 0.398 e. The zero-order chi connectivity index (χ0) is 15.7. The maximum Gasteiger partial charge on any atom is 0.247 e. The van der Waals surface area contributed by atoms with Gasteiger partial charge in [-0.15, -0.1) is 11.8 Å². The Labute approximate surface area is 131 Å². The first-order valence-electron chi connectivity index (χ1n) is 6.70. The number of nitrogens with two attached hydrogens (primary N) is 1. The highest BCUT2D eigenvalue weighted by Crippen LogP contribution is 2.36. The number of imide groups is 1. The summed E-state index contributed by atoms with van der Waals surface area (Å²) in [6, 6.07) is 12.6. The van der Waals surface area contributed by atoms with Gasteiger partial charge >= 0.3 is 0 Å². The summed E-state index contributed by atoms with van der Waals surface area (Å²) in [7, 11) is 0. The molecule has 1 atom stereocenters. The van der Waals surface area contributed by atoms with Gasteiger partial charge in [-0.2, -0.15) is 0 Å².